The number of anilines is 1. The number of hydrogen-bond acceptors (Lipinski definition) is 3. The van der Waals surface area contributed by atoms with Gasteiger partial charge in [0.15, 0.2) is 17.4 Å². The van der Waals surface area contributed by atoms with Crippen LogP contribution in [-0.2, 0) is 4.79 Å². The number of benzene rings is 1. The largest absolute Gasteiger partial charge is 0.491 e. The van der Waals surface area contributed by atoms with Crippen LogP contribution in [0.5, 0.6) is 5.75 Å². The van der Waals surface area contributed by atoms with Gasteiger partial charge in [-0.1, -0.05) is 0 Å². The molecular formula is C12H14F2N2O4. The summed E-state index contributed by atoms with van der Waals surface area (Å²) < 4.78 is 31.3. The molecule has 2 N–H and O–H groups in total. The first-order valence-corrected chi connectivity index (χ1v) is 5.62. The molecule has 0 atom stereocenters. The summed E-state index contributed by atoms with van der Waals surface area (Å²) in [6, 6.07) is 1.14. The van der Waals surface area contributed by atoms with E-state index in [4.69, 9.17) is 5.11 Å². The first-order valence-electron chi connectivity index (χ1n) is 5.62. The SMILES string of the molecule is COc1c(F)cc(NC(=O)N(C)CCC(=O)O)cc1F. The van der Waals surface area contributed by atoms with Gasteiger partial charge in [-0.25, -0.2) is 13.6 Å². The third-order valence-electron chi connectivity index (χ3n) is 2.46. The first-order chi connectivity index (χ1) is 9.35. The van der Waals surface area contributed by atoms with Gasteiger partial charge < -0.3 is 20.1 Å². The van der Waals surface area contributed by atoms with Crippen LogP contribution in [0.25, 0.3) is 0 Å². The number of urea groups is 1. The van der Waals surface area contributed by atoms with Crippen LogP contribution in [0.2, 0.25) is 0 Å². The normalized spacial score (nSPS) is 10.0. The number of amides is 2. The molecule has 0 spiro atoms. The lowest BCUT2D eigenvalue weighted by atomic mass is 10.2. The van der Waals surface area contributed by atoms with E-state index in [0.29, 0.717) is 0 Å². The fourth-order valence-corrected chi connectivity index (χ4v) is 1.41. The summed E-state index contributed by atoms with van der Waals surface area (Å²) in [5, 5.41) is 10.7. The van der Waals surface area contributed by atoms with Crippen molar-refractivity contribution in [2.24, 2.45) is 0 Å². The van der Waals surface area contributed by atoms with Gasteiger partial charge in [-0.05, 0) is 0 Å². The zero-order valence-electron chi connectivity index (χ0n) is 10.9. The van der Waals surface area contributed by atoms with Crippen LogP contribution in [0, 0.1) is 11.6 Å². The second-order valence-corrected chi connectivity index (χ2v) is 3.97. The van der Waals surface area contributed by atoms with Gasteiger partial charge in [0.1, 0.15) is 0 Å². The molecule has 110 valence electrons. The van der Waals surface area contributed by atoms with Crippen molar-refractivity contribution in [3.8, 4) is 5.75 Å². The Morgan fingerprint density at radius 1 is 1.35 bits per heavy atom. The van der Waals surface area contributed by atoms with Crippen molar-refractivity contribution in [1.29, 1.82) is 0 Å². The van der Waals surface area contributed by atoms with Crippen LogP contribution < -0.4 is 10.1 Å². The monoisotopic (exact) mass is 288 g/mol. The Labute approximate surface area is 113 Å². The predicted octanol–water partition coefficient (Wildman–Crippen LogP) is 1.91. The van der Waals surface area contributed by atoms with Gasteiger partial charge in [-0.2, -0.15) is 0 Å². The number of carboxylic acids is 1. The molecule has 0 aliphatic rings. The van der Waals surface area contributed by atoms with Crippen LogP contribution in [0.15, 0.2) is 12.1 Å². The smallest absolute Gasteiger partial charge is 0.321 e. The number of methoxy groups -OCH3 is 1. The first kappa shape index (κ1) is 15.7. The average molecular weight is 288 g/mol. The van der Waals surface area contributed by atoms with Crippen molar-refractivity contribution >= 4 is 17.7 Å². The molecule has 6 nitrogen and oxygen atoms in total. The molecule has 20 heavy (non-hydrogen) atoms. The zero-order chi connectivity index (χ0) is 15.3. The maximum absolute atomic E-state index is 13.4. The molecule has 0 aromatic heterocycles. The maximum atomic E-state index is 13.4. The summed E-state index contributed by atoms with van der Waals surface area (Å²) in [5.74, 6) is -3.49. The molecule has 1 rings (SSSR count). The van der Waals surface area contributed by atoms with E-state index in [1.807, 2.05) is 0 Å². The van der Waals surface area contributed by atoms with E-state index in [1.165, 1.54) is 7.05 Å². The number of ether oxygens (including phenoxy) is 1. The standard InChI is InChI=1S/C12H14F2N2O4/c1-16(4-3-10(17)18)12(19)15-7-5-8(13)11(20-2)9(14)6-7/h5-6H,3-4H2,1-2H3,(H,15,19)(H,17,18). The molecule has 1 aromatic rings. The van der Waals surface area contributed by atoms with Crippen LogP contribution in [-0.4, -0.2) is 42.7 Å². The third-order valence-corrected chi connectivity index (χ3v) is 2.46. The number of nitrogens with one attached hydrogen (secondary N) is 1. The predicted molar refractivity (Wildman–Crippen MR) is 66.8 cm³/mol. The van der Waals surface area contributed by atoms with E-state index < -0.39 is 29.4 Å². The van der Waals surface area contributed by atoms with Crippen molar-refractivity contribution in [2.45, 2.75) is 6.42 Å². The number of hydrogen-bond donors (Lipinski definition) is 2. The highest BCUT2D eigenvalue weighted by molar-refractivity contribution is 5.89. The molecule has 1 aromatic carbocycles. The van der Waals surface area contributed by atoms with Gasteiger partial charge >= 0.3 is 12.0 Å². The van der Waals surface area contributed by atoms with E-state index in [0.717, 1.165) is 24.1 Å². The number of aliphatic carboxylic acids is 1. The molecule has 0 aliphatic carbocycles. The summed E-state index contributed by atoms with van der Waals surface area (Å²) in [4.78, 5) is 23.1. The highest BCUT2D eigenvalue weighted by Crippen LogP contribution is 2.25. The Morgan fingerprint density at radius 3 is 2.35 bits per heavy atom. The van der Waals surface area contributed by atoms with Gasteiger partial charge in [0, 0.05) is 31.4 Å². The Bertz CT molecular complexity index is 499. The Morgan fingerprint density at radius 2 is 1.90 bits per heavy atom. The Kier molecular flexibility index (Phi) is 5.24. The minimum atomic E-state index is -1.05. The number of nitrogens with zero attached hydrogens (tertiary/aromatic N) is 1. The number of carboxylic acid groups (broad SMARTS) is 1. The molecular weight excluding hydrogens is 274 g/mol. The lowest BCUT2D eigenvalue weighted by Crippen LogP contribution is -2.33. The third kappa shape index (κ3) is 4.08. The lowest BCUT2D eigenvalue weighted by Gasteiger charge is -2.17. The molecule has 0 radical (unpaired) electrons. The second-order valence-electron chi connectivity index (χ2n) is 3.97. The van der Waals surface area contributed by atoms with E-state index in [9.17, 15) is 18.4 Å². The van der Waals surface area contributed by atoms with Crippen molar-refractivity contribution in [3.05, 3.63) is 23.8 Å². The minimum absolute atomic E-state index is 0.0255. The molecule has 0 saturated carbocycles. The Hall–Kier alpha value is -2.38. The minimum Gasteiger partial charge on any atom is -0.491 e. The summed E-state index contributed by atoms with van der Waals surface area (Å²) >= 11 is 0. The zero-order valence-corrected chi connectivity index (χ0v) is 10.9. The molecule has 2 amide bonds. The van der Waals surface area contributed by atoms with E-state index >= 15 is 0 Å². The highest BCUT2D eigenvalue weighted by Gasteiger charge is 2.15. The van der Waals surface area contributed by atoms with Crippen molar-refractivity contribution < 1.29 is 28.2 Å². The highest BCUT2D eigenvalue weighted by atomic mass is 19.1. The quantitative estimate of drug-likeness (QED) is 0.867. The summed E-state index contributed by atoms with van der Waals surface area (Å²) in [7, 11) is 2.49. The number of rotatable bonds is 5. The van der Waals surface area contributed by atoms with Gasteiger partial charge in [0.2, 0.25) is 0 Å². The van der Waals surface area contributed by atoms with Gasteiger partial charge in [0.05, 0.1) is 13.5 Å². The fraction of sp³-hybridized carbons (Fsp3) is 0.333. The summed E-state index contributed by atoms with van der Waals surface area (Å²) in [5.41, 5.74) is -0.0898. The summed E-state index contributed by atoms with van der Waals surface area (Å²) in [6.07, 6.45) is -0.227. The molecule has 0 bridgehead atoms. The molecule has 0 unspecified atom stereocenters. The van der Waals surface area contributed by atoms with Crippen LogP contribution >= 0.6 is 0 Å². The molecule has 0 saturated heterocycles. The molecule has 8 heteroatoms. The summed E-state index contributed by atoms with van der Waals surface area (Å²) in [6.45, 7) is -0.0255. The van der Waals surface area contributed by atoms with Crippen molar-refractivity contribution in [3.63, 3.8) is 0 Å². The van der Waals surface area contributed by atoms with Gasteiger partial charge in [-0.3, -0.25) is 4.79 Å². The van der Waals surface area contributed by atoms with Crippen molar-refractivity contribution in [1.82, 2.24) is 4.90 Å². The molecule has 0 fully saturated rings. The Balaban J connectivity index is 2.73. The van der Waals surface area contributed by atoms with Crippen LogP contribution in [0.1, 0.15) is 6.42 Å². The second kappa shape index (κ2) is 6.69. The molecule has 0 aliphatic heterocycles. The van der Waals surface area contributed by atoms with Gasteiger partial charge in [0.25, 0.3) is 0 Å². The van der Waals surface area contributed by atoms with Crippen molar-refractivity contribution in [2.75, 3.05) is 26.0 Å². The van der Waals surface area contributed by atoms with Crippen LogP contribution in [0.4, 0.5) is 19.3 Å². The number of halogens is 2. The topological polar surface area (TPSA) is 78.9 Å². The van der Waals surface area contributed by atoms with Crippen LogP contribution in [0.3, 0.4) is 0 Å². The van der Waals surface area contributed by atoms with Gasteiger partial charge in [-0.15, -0.1) is 0 Å². The average Bonchev–Trinajstić information content (AvgIpc) is 2.35. The van der Waals surface area contributed by atoms with E-state index in [-0.39, 0.29) is 18.7 Å². The number of carbonyl (C=O) groups is 2. The fourth-order valence-electron chi connectivity index (χ4n) is 1.41. The number of carbonyl (C=O) groups excluding carboxylic acids is 1. The van der Waals surface area contributed by atoms with E-state index in [1.54, 1.807) is 0 Å². The van der Waals surface area contributed by atoms with E-state index in [2.05, 4.69) is 10.1 Å². The lowest BCUT2D eigenvalue weighted by molar-refractivity contribution is -0.137. The maximum Gasteiger partial charge on any atom is 0.321 e. The molecule has 0 heterocycles.